The van der Waals surface area contributed by atoms with Crippen LogP contribution in [0.3, 0.4) is 0 Å². The summed E-state index contributed by atoms with van der Waals surface area (Å²) < 4.78 is 29.3. The third kappa shape index (κ3) is 11.3. The number of aliphatic hydroxyl groups is 1. The first-order chi connectivity index (χ1) is 29.2. The molecular formula is C43H59ClN4O12S2. The molecule has 342 valence electrons. The molecule has 19 heteroatoms. The smallest absolute Gasteiger partial charge is 0.409 e. The van der Waals surface area contributed by atoms with Gasteiger partial charge in [-0.1, -0.05) is 70.8 Å². The van der Waals surface area contributed by atoms with E-state index in [0.29, 0.717) is 42.3 Å². The predicted molar refractivity (Wildman–Crippen MR) is 236 cm³/mol. The minimum atomic E-state index is -1.85. The molecule has 2 N–H and O–H groups in total. The number of epoxide rings is 1. The van der Waals surface area contributed by atoms with E-state index in [1.54, 1.807) is 69.8 Å². The van der Waals surface area contributed by atoms with Crippen molar-refractivity contribution in [3.8, 4) is 5.75 Å². The normalized spacial score (nSPS) is 31.0. The second kappa shape index (κ2) is 20.8. The molecule has 1 aromatic carbocycles. The van der Waals surface area contributed by atoms with Crippen molar-refractivity contribution < 1.29 is 57.6 Å². The van der Waals surface area contributed by atoms with Crippen LogP contribution >= 0.6 is 33.2 Å². The van der Waals surface area contributed by atoms with Crippen molar-refractivity contribution in [3.05, 3.63) is 46.5 Å². The zero-order valence-electron chi connectivity index (χ0n) is 36.8. The fourth-order valence-corrected chi connectivity index (χ4v) is 10.4. The molecule has 4 aliphatic rings. The molecule has 0 aromatic heterocycles. The lowest BCUT2D eigenvalue weighted by molar-refractivity contribution is -0.162. The van der Waals surface area contributed by atoms with Gasteiger partial charge in [0.2, 0.25) is 23.6 Å². The Morgan fingerprint density at radius 1 is 1.11 bits per heavy atom. The van der Waals surface area contributed by atoms with E-state index in [4.69, 9.17) is 35.3 Å². The maximum Gasteiger partial charge on any atom is 0.409 e. The number of methoxy groups -OCH3 is 2. The van der Waals surface area contributed by atoms with Gasteiger partial charge in [-0.05, 0) is 51.3 Å². The van der Waals surface area contributed by atoms with Crippen molar-refractivity contribution in [1.82, 2.24) is 15.1 Å². The number of likely N-dealkylation sites (tertiary alicyclic amines) is 1. The average Bonchev–Trinajstić information content (AvgIpc) is 3.86. The molecule has 5 amide bonds. The van der Waals surface area contributed by atoms with Crippen LogP contribution in [-0.2, 0) is 49.3 Å². The number of amides is 5. The topological polar surface area (TPSA) is 194 Å². The number of allylic oxidation sites excluding steroid dienone is 3. The van der Waals surface area contributed by atoms with Crippen LogP contribution in [0.15, 0.2) is 35.9 Å². The molecule has 4 aliphatic heterocycles. The highest BCUT2D eigenvalue weighted by molar-refractivity contribution is 8.76. The quantitative estimate of drug-likeness (QED) is 0.0876. The third-order valence-corrected chi connectivity index (χ3v) is 15.0. The van der Waals surface area contributed by atoms with Crippen molar-refractivity contribution in [2.45, 2.75) is 115 Å². The molecule has 1 unspecified atom stereocenters. The number of imide groups is 1. The number of halogens is 1. The number of likely N-dealkylation sites (N-methyl/N-ethyl adjacent to an activating group) is 1. The highest BCUT2D eigenvalue weighted by atomic mass is 35.5. The van der Waals surface area contributed by atoms with Crippen molar-refractivity contribution >= 4 is 74.6 Å². The number of carbonyl (C=O) groups is 6. The lowest BCUT2D eigenvalue weighted by Gasteiger charge is -2.42. The van der Waals surface area contributed by atoms with Gasteiger partial charge in [-0.3, -0.25) is 29.4 Å². The number of alkyl carbamates (subject to hydrolysis) is 1. The summed E-state index contributed by atoms with van der Waals surface area (Å²) in [5, 5.41) is 14.5. The third-order valence-electron chi connectivity index (χ3n) is 12.1. The van der Waals surface area contributed by atoms with Gasteiger partial charge in [-0.2, -0.15) is 0 Å². The summed E-state index contributed by atoms with van der Waals surface area (Å²) in [5.41, 5.74) is -1.02. The molecular weight excluding hydrogens is 864 g/mol. The van der Waals surface area contributed by atoms with Crippen molar-refractivity contribution in [3.63, 3.8) is 0 Å². The fourth-order valence-electron chi connectivity index (χ4n) is 8.01. The van der Waals surface area contributed by atoms with Crippen LogP contribution in [-0.4, -0.2) is 139 Å². The van der Waals surface area contributed by atoms with Crippen molar-refractivity contribution in [2.24, 2.45) is 11.8 Å². The Morgan fingerprint density at radius 3 is 2.48 bits per heavy atom. The molecule has 3 fully saturated rings. The highest BCUT2D eigenvalue weighted by Crippen LogP contribution is 2.49. The number of benzene rings is 1. The van der Waals surface area contributed by atoms with Gasteiger partial charge in [0.05, 0.1) is 25.3 Å². The second-order valence-corrected chi connectivity index (χ2v) is 19.7. The zero-order valence-corrected chi connectivity index (χ0v) is 39.2. The van der Waals surface area contributed by atoms with E-state index in [0.717, 1.165) is 11.1 Å². The van der Waals surface area contributed by atoms with Gasteiger partial charge in [0.1, 0.15) is 40.7 Å². The summed E-state index contributed by atoms with van der Waals surface area (Å²) in [6.07, 6.45) is 1.75. The number of hydrogen-bond donors (Lipinski definition) is 2. The van der Waals surface area contributed by atoms with Gasteiger partial charge in [0, 0.05) is 70.4 Å². The van der Waals surface area contributed by atoms with E-state index >= 15 is 0 Å². The van der Waals surface area contributed by atoms with Crippen LogP contribution in [0.5, 0.6) is 5.75 Å². The van der Waals surface area contributed by atoms with Crippen LogP contribution in [0, 0.1) is 11.8 Å². The fraction of sp³-hybridized carbons (Fsp3) is 0.628. The molecule has 0 radical (unpaired) electrons. The Hall–Kier alpha value is -3.81. The monoisotopic (exact) mass is 922 g/mol. The first-order valence-electron chi connectivity index (χ1n) is 20.7. The summed E-state index contributed by atoms with van der Waals surface area (Å²) in [7, 11) is 9.01. The molecule has 9 atom stereocenters. The number of carbonyl (C=O) groups excluding carboxylic acids is 6. The maximum absolute atomic E-state index is 14.2. The lowest BCUT2D eigenvalue weighted by atomic mass is 9.83. The molecule has 4 heterocycles. The minimum absolute atomic E-state index is 0.0711. The van der Waals surface area contributed by atoms with Crippen molar-refractivity contribution in [1.29, 1.82) is 0 Å². The summed E-state index contributed by atoms with van der Waals surface area (Å²) in [6, 6.07) is 2.53. The van der Waals surface area contributed by atoms with Gasteiger partial charge < -0.3 is 38.6 Å². The molecule has 5 rings (SSSR count). The Labute approximate surface area is 376 Å². The van der Waals surface area contributed by atoms with E-state index < -0.39 is 65.7 Å². The number of hydrogen-bond acceptors (Lipinski definition) is 14. The molecule has 4 bridgehead atoms. The SMILES string of the molecule is COc1cc2cc(c1Cl)N(C)C(=O)C[C@H](OC(=O)[C@H](C)N(C)C(=O)CCSSCCCN1C(=O)CC(C)C1=O)[C@]1(C)O[C@@H]1[C@H](C)[C@@H]1C[C@@](O)(NC(=O)O1)[C@H](OC)/C=C/C=C(\C)C2. The van der Waals surface area contributed by atoms with E-state index in [9.17, 15) is 33.9 Å². The highest BCUT2D eigenvalue weighted by Gasteiger charge is 2.64. The summed E-state index contributed by atoms with van der Waals surface area (Å²) in [6.45, 7) is 9.08. The first kappa shape index (κ1) is 49.2. The molecule has 62 heavy (non-hydrogen) atoms. The van der Waals surface area contributed by atoms with Crippen LogP contribution < -0.4 is 15.0 Å². The van der Waals surface area contributed by atoms with Crippen LogP contribution in [0.25, 0.3) is 0 Å². The number of esters is 1. The van der Waals surface area contributed by atoms with Crippen LogP contribution in [0.4, 0.5) is 10.5 Å². The Morgan fingerprint density at radius 2 is 1.82 bits per heavy atom. The molecule has 0 aliphatic carbocycles. The molecule has 0 saturated carbocycles. The van der Waals surface area contributed by atoms with Crippen molar-refractivity contribution in [2.75, 3.05) is 51.3 Å². The van der Waals surface area contributed by atoms with Gasteiger partial charge in [-0.25, -0.2) is 9.59 Å². The molecule has 3 saturated heterocycles. The molecule has 16 nitrogen and oxygen atoms in total. The molecule has 0 spiro atoms. The van der Waals surface area contributed by atoms with E-state index in [1.165, 1.54) is 46.8 Å². The van der Waals surface area contributed by atoms with Gasteiger partial charge in [0.15, 0.2) is 5.72 Å². The van der Waals surface area contributed by atoms with Crippen LogP contribution in [0.1, 0.15) is 72.3 Å². The standard InChI is InChI=1S/C43H59ClN4O12S2/c1-24-12-10-13-32(57-9)43(55)23-31(58-41(54)45-43)26(3)38-42(5,60-38)33(22-35(50)47(7)29-20-28(18-24)21-30(56-8)37(29)44)59-40(53)27(4)46(6)34(49)14-17-62-61-16-11-15-48-36(51)19-25(2)39(48)52/h10,12-13,20-21,25-27,31-33,38,55H,11,14-19,22-23H2,1-9H3,(H,45,54)/b13-10+,24-12+/t25?,26-,27+,31+,32-,33+,38-,42+,43+/m1/s1. The largest absolute Gasteiger partial charge is 0.495 e. The minimum Gasteiger partial charge on any atom is -0.495 e. The summed E-state index contributed by atoms with van der Waals surface area (Å²) in [4.78, 5) is 82.6. The predicted octanol–water partition coefficient (Wildman–Crippen LogP) is 5.07. The second-order valence-electron chi connectivity index (χ2n) is 16.6. The first-order valence-corrected chi connectivity index (χ1v) is 23.5. The van der Waals surface area contributed by atoms with Gasteiger partial charge in [0.25, 0.3) is 0 Å². The van der Waals surface area contributed by atoms with Gasteiger partial charge >= 0.3 is 12.1 Å². The number of ether oxygens (including phenoxy) is 5. The summed E-state index contributed by atoms with van der Waals surface area (Å²) >= 11 is 6.79. The number of nitrogens with one attached hydrogen (secondary N) is 1. The summed E-state index contributed by atoms with van der Waals surface area (Å²) in [5.74, 6) is -1.10. The van der Waals surface area contributed by atoms with E-state index in [1.807, 2.05) is 13.0 Å². The Kier molecular flexibility index (Phi) is 16.5. The Balaban J connectivity index is 1.32. The van der Waals surface area contributed by atoms with E-state index in [2.05, 4.69) is 5.32 Å². The number of nitrogens with zero attached hydrogens (tertiary/aromatic N) is 3. The maximum atomic E-state index is 14.2. The van der Waals surface area contributed by atoms with Crippen LogP contribution in [0.2, 0.25) is 5.02 Å². The van der Waals surface area contributed by atoms with E-state index in [-0.39, 0.29) is 54.3 Å². The van der Waals surface area contributed by atoms with Gasteiger partial charge in [-0.15, -0.1) is 0 Å². The zero-order chi connectivity index (χ0) is 45.7. The number of rotatable bonds is 13. The molecule has 1 aromatic rings. The average molecular weight is 924 g/mol. The number of fused-ring (bicyclic) bond motifs is 5. The lowest BCUT2D eigenvalue weighted by Crippen LogP contribution is -2.63. The number of anilines is 1. The Bertz CT molecular complexity index is 1950.